The fraction of sp³-hybridized carbons (Fsp3) is 0.226. The summed E-state index contributed by atoms with van der Waals surface area (Å²) in [6, 6.07) is 21.8. The highest BCUT2D eigenvalue weighted by molar-refractivity contribution is 8.00. The van der Waals surface area contributed by atoms with E-state index in [0.29, 0.717) is 28.6 Å². The summed E-state index contributed by atoms with van der Waals surface area (Å²) < 4.78 is 11.0. The number of fused-ring (bicyclic) bond motifs is 2. The first-order valence-electron chi connectivity index (χ1n) is 13.2. The maximum absolute atomic E-state index is 13.9. The zero-order valence-electron chi connectivity index (χ0n) is 22.3. The van der Waals surface area contributed by atoms with Gasteiger partial charge in [-0.15, -0.1) is 0 Å². The molecule has 8 nitrogen and oxygen atoms in total. The summed E-state index contributed by atoms with van der Waals surface area (Å²) in [7, 11) is 0. The summed E-state index contributed by atoms with van der Waals surface area (Å²) >= 11 is 2.29. The number of benzene rings is 3. The number of thiazole rings is 1. The molecule has 0 radical (unpaired) electrons. The van der Waals surface area contributed by atoms with Crippen LogP contribution in [-0.2, 0) is 20.9 Å². The van der Waals surface area contributed by atoms with Gasteiger partial charge in [0, 0.05) is 10.8 Å². The molecule has 1 saturated heterocycles. The highest BCUT2D eigenvalue weighted by Gasteiger charge is 2.56. The van der Waals surface area contributed by atoms with Crippen LogP contribution in [0.4, 0.5) is 5.69 Å². The van der Waals surface area contributed by atoms with Crippen LogP contribution in [-0.4, -0.2) is 34.6 Å². The number of nitrogens with one attached hydrogen (secondary N) is 1. The second kappa shape index (κ2) is 11.0. The maximum atomic E-state index is 13.9. The van der Waals surface area contributed by atoms with Crippen LogP contribution in [0, 0.1) is 12.8 Å². The zero-order valence-corrected chi connectivity index (χ0v) is 23.9. The SMILES string of the molecule is CCOC(=O)c1ccc(N2C(=O)C3Sc4[nH]c(=O)sc4C(c4ccc(OCc5ccccc5C)cc4)C3C2=O)cc1. The van der Waals surface area contributed by atoms with E-state index in [2.05, 4.69) is 4.98 Å². The highest BCUT2D eigenvalue weighted by atomic mass is 32.2. The smallest absolute Gasteiger partial charge is 0.338 e. The van der Waals surface area contributed by atoms with Crippen LogP contribution in [0.2, 0.25) is 0 Å². The van der Waals surface area contributed by atoms with Crippen molar-refractivity contribution < 1.29 is 23.9 Å². The van der Waals surface area contributed by atoms with Crippen molar-refractivity contribution in [1.29, 1.82) is 0 Å². The van der Waals surface area contributed by atoms with Gasteiger partial charge in [-0.05, 0) is 66.9 Å². The van der Waals surface area contributed by atoms with E-state index in [1.165, 1.54) is 16.7 Å². The predicted octanol–water partition coefficient (Wildman–Crippen LogP) is 5.30. The van der Waals surface area contributed by atoms with Crippen LogP contribution in [0.15, 0.2) is 82.6 Å². The van der Waals surface area contributed by atoms with Crippen LogP contribution < -0.4 is 14.5 Å². The molecule has 1 N–H and O–H groups in total. The molecule has 2 aliphatic heterocycles. The summed E-state index contributed by atoms with van der Waals surface area (Å²) in [5.41, 5.74) is 3.79. The number of H-pyrrole nitrogens is 1. The molecular weight excluding hydrogens is 560 g/mol. The number of nitrogens with zero attached hydrogens (tertiary/aromatic N) is 1. The van der Waals surface area contributed by atoms with Crippen LogP contribution in [0.25, 0.3) is 0 Å². The Bertz CT molecular complexity index is 1690. The molecule has 2 aliphatic rings. The summed E-state index contributed by atoms with van der Waals surface area (Å²) in [6.07, 6.45) is 0. The Morgan fingerprint density at radius 2 is 1.68 bits per heavy atom. The summed E-state index contributed by atoms with van der Waals surface area (Å²) in [4.78, 5) is 56.6. The first-order chi connectivity index (χ1) is 19.9. The minimum Gasteiger partial charge on any atom is -0.489 e. The molecular formula is C31H26N2O6S2. The number of aryl methyl sites for hydroxylation is 1. The molecule has 3 atom stereocenters. The monoisotopic (exact) mass is 586 g/mol. The number of ether oxygens (including phenoxy) is 2. The number of aromatic nitrogens is 1. The van der Waals surface area contributed by atoms with E-state index < -0.39 is 23.1 Å². The number of carbonyl (C=O) groups is 3. The van der Waals surface area contributed by atoms with E-state index in [9.17, 15) is 19.2 Å². The summed E-state index contributed by atoms with van der Waals surface area (Å²) in [6.45, 7) is 4.44. The molecule has 208 valence electrons. The number of hydrogen-bond donors (Lipinski definition) is 1. The molecule has 2 amide bonds. The van der Waals surface area contributed by atoms with E-state index in [1.807, 2.05) is 55.5 Å². The van der Waals surface area contributed by atoms with Gasteiger partial charge in [-0.3, -0.25) is 14.4 Å². The van der Waals surface area contributed by atoms with Gasteiger partial charge in [0.2, 0.25) is 11.8 Å². The lowest BCUT2D eigenvalue weighted by Gasteiger charge is -2.29. The van der Waals surface area contributed by atoms with Crippen molar-refractivity contribution >= 4 is 46.6 Å². The molecule has 10 heteroatoms. The molecule has 0 spiro atoms. The van der Waals surface area contributed by atoms with E-state index >= 15 is 0 Å². The third-order valence-electron chi connectivity index (χ3n) is 7.36. The molecule has 3 heterocycles. The van der Waals surface area contributed by atoms with Gasteiger partial charge in [-0.25, -0.2) is 9.69 Å². The molecule has 1 aromatic heterocycles. The predicted molar refractivity (Wildman–Crippen MR) is 157 cm³/mol. The molecule has 3 aromatic carbocycles. The number of aromatic amines is 1. The lowest BCUT2D eigenvalue weighted by atomic mass is 9.83. The molecule has 0 aliphatic carbocycles. The third kappa shape index (κ3) is 4.98. The van der Waals surface area contributed by atoms with Crippen LogP contribution in [0.3, 0.4) is 0 Å². The van der Waals surface area contributed by atoms with Gasteiger partial charge in [0.1, 0.15) is 17.6 Å². The van der Waals surface area contributed by atoms with Crippen molar-refractivity contribution in [3.63, 3.8) is 0 Å². The van der Waals surface area contributed by atoms with Crippen LogP contribution in [0.5, 0.6) is 5.75 Å². The van der Waals surface area contributed by atoms with Crippen molar-refractivity contribution in [2.45, 2.75) is 36.6 Å². The van der Waals surface area contributed by atoms with E-state index in [-0.39, 0.29) is 23.3 Å². The van der Waals surface area contributed by atoms with E-state index in [0.717, 1.165) is 32.9 Å². The molecule has 4 aromatic rings. The fourth-order valence-corrected chi connectivity index (χ4v) is 7.81. The molecule has 41 heavy (non-hydrogen) atoms. The van der Waals surface area contributed by atoms with Crippen molar-refractivity contribution in [2.75, 3.05) is 11.5 Å². The minimum atomic E-state index is -0.702. The molecule has 1 fully saturated rings. The molecule has 3 unspecified atom stereocenters. The third-order valence-corrected chi connectivity index (χ3v) is 9.76. The van der Waals surface area contributed by atoms with E-state index in [4.69, 9.17) is 9.47 Å². The van der Waals surface area contributed by atoms with Crippen LogP contribution in [0.1, 0.15) is 44.8 Å². The number of hydrogen-bond acceptors (Lipinski definition) is 8. The van der Waals surface area contributed by atoms with Gasteiger partial charge in [0.15, 0.2) is 0 Å². The Hall–Kier alpha value is -4.15. The van der Waals surface area contributed by atoms with Crippen LogP contribution >= 0.6 is 23.1 Å². The normalized spacial score (nSPS) is 19.6. The topological polar surface area (TPSA) is 106 Å². The standard InChI is InChI=1S/C31H26N2O6S2/c1-3-38-30(36)19-8-12-21(13-9-19)33-28(34)24-23(25-27(32-31(37)41-25)40-26(24)29(33)35)18-10-14-22(15-11-18)39-16-20-7-5-4-6-17(20)2/h4-15,23-24,26H,3,16H2,1-2H3,(H,32,37). The quantitative estimate of drug-likeness (QED) is 0.232. The largest absolute Gasteiger partial charge is 0.489 e. The maximum Gasteiger partial charge on any atom is 0.338 e. The van der Waals surface area contributed by atoms with Crippen molar-refractivity contribution in [3.8, 4) is 5.75 Å². The molecule has 0 saturated carbocycles. The van der Waals surface area contributed by atoms with Gasteiger partial charge >= 0.3 is 10.8 Å². The van der Waals surface area contributed by atoms with Crippen molar-refractivity contribution in [1.82, 2.24) is 4.98 Å². The summed E-state index contributed by atoms with van der Waals surface area (Å²) in [5, 5.41) is -0.0845. The number of amides is 2. The molecule has 6 rings (SSSR count). The first kappa shape index (κ1) is 27.0. The lowest BCUT2D eigenvalue weighted by Crippen LogP contribution is -2.32. The molecule has 0 bridgehead atoms. The Labute approximate surface area is 244 Å². The Balaban J connectivity index is 1.30. The van der Waals surface area contributed by atoms with Gasteiger partial charge < -0.3 is 14.5 Å². The Morgan fingerprint density at radius 1 is 0.951 bits per heavy atom. The lowest BCUT2D eigenvalue weighted by molar-refractivity contribution is -0.122. The zero-order chi connectivity index (χ0) is 28.7. The number of anilines is 1. The number of rotatable bonds is 7. The minimum absolute atomic E-state index is 0.225. The second-order valence-corrected chi connectivity index (χ2v) is 12.0. The van der Waals surface area contributed by atoms with Crippen molar-refractivity contribution in [3.05, 3.63) is 110 Å². The number of imide groups is 1. The number of thioether (sulfide) groups is 1. The average Bonchev–Trinajstić information content (AvgIpc) is 3.47. The Kier molecular flexibility index (Phi) is 7.27. The van der Waals surface area contributed by atoms with Gasteiger partial charge in [0.05, 0.1) is 28.8 Å². The van der Waals surface area contributed by atoms with Gasteiger partial charge in [-0.2, -0.15) is 0 Å². The van der Waals surface area contributed by atoms with Gasteiger partial charge in [0.25, 0.3) is 0 Å². The fourth-order valence-electron chi connectivity index (χ4n) is 5.30. The summed E-state index contributed by atoms with van der Waals surface area (Å²) in [5.74, 6) is -1.66. The average molecular weight is 587 g/mol. The number of esters is 1. The first-order valence-corrected chi connectivity index (χ1v) is 14.9. The van der Waals surface area contributed by atoms with E-state index in [1.54, 1.807) is 31.2 Å². The second-order valence-electron chi connectivity index (χ2n) is 9.81. The highest BCUT2D eigenvalue weighted by Crippen LogP contribution is 2.53. The van der Waals surface area contributed by atoms with Gasteiger partial charge in [-0.1, -0.05) is 59.5 Å². The Morgan fingerprint density at radius 3 is 2.39 bits per heavy atom. The number of carbonyl (C=O) groups excluding carboxylic acids is 3. The van der Waals surface area contributed by atoms with Crippen molar-refractivity contribution in [2.24, 2.45) is 5.92 Å².